The largest absolute Gasteiger partial charge is 0.399 e. The molecule has 0 aliphatic heterocycles. The number of nitrogens with zero attached hydrogens (tertiary/aromatic N) is 3. The van der Waals surface area contributed by atoms with Gasteiger partial charge < -0.3 is 15.2 Å². The summed E-state index contributed by atoms with van der Waals surface area (Å²) in [7, 11) is 4.15. The number of rotatable bonds is 5. The van der Waals surface area contributed by atoms with Crippen LogP contribution in [0.2, 0.25) is 0 Å². The van der Waals surface area contributed by atoms with E-state index in [1.54, 1.807) is 0 Å². The van der Waals surface area contributed by atoms with Crippen LogP contribution in [0.3, 0.4) is 0 Å². The third-order valence-corrected chi connectivity index (χ3v) is 2.92. The molecule has 0 aliphatic rings. The van der Waals surface area contributed by atoms with Gasteiger partial charge in [0.2, 0.25) is 0 Å². The number of anilines is 1. The van der Waals surface area contributed by atoms with Gasteiger partial charge in [-0.05, 0) is 31.8 Å². The van der Waals surface area contributed by atoms with Gasteiger partial charge in [-0.15, -0.1) is 0 Å². The van der Waals surface area contributed by atoms with Gasteiger partial charge in [0.05, 0.1) is 0 Å². The molecule has 0 saturated carbocycles. The summed E-state index contributed by atoms with van der Waals surface area (Å²) in [4.78, 5) is 6.58. The van der Waals surface area contributed by atoms with Crippen molar-refractivity contribution in [1.29, 1.82) is 0 Å². The van der Waals surface area contributed by atoms with Crippen molar-refractivity contribution in [3.05, 3.63) is 48.0 Å². The predicted octanol–water partition coefficient (Wildman–Crippen LogP) is 1.62. The van der Waals surface area contributed by atoms with Crippen LogP contribution in [0.4, 0.5) is 5.69 Å². The zero-order valence-corrected chi connectivity index (χ0v) is 11.0. The molecular weight excluding hydrogens is 224 g/mol. The smallest absolute Gasteiger partial charge is 0.110 e. The van der Waals surface area contributed by atoms with Gasteiger partial charge in [0, 0.05) is 37.6 Å². The molecule has 0 amide bonds. The van der Waals surface area contributed by atoms with Gasteiger partial charge in [-0.2, -0.15) is 0 Å². The highest BCUT2D eigenvalue weighted by Crippen LogP contribution is 2.09. The number of benzene rings is 1. The first-order chi connectivity index (χ1) is 8.65. The monoisotopic (exact) mass is 244 g/mol. The second kappa shape index (κ2) is 5.69. The van der Waals surface area contributed by atoms with Crippen LogP contribution in [0.15, 0.2) is 36.7 Å². The Hall–Kier alpha value is -1.81. The van der Waals surface area contributed by atoms with Crippen molar-refractivity contribution in [3.8, 4) is 0 Å². The highest BCUT2D eigenvalue weighted by molar-refractivity contribution is 5.39. The summed E-state index contributed by atoms with van der Waals surface area (Å²) in [6.45, 7) is 1.86. The minimum atomic E-state index is 0.803. The molecule has 2 N–H and O–H groups in total. The van der Waals surface area contributed by atoms with Crippen LogP contribution < -0.4 is 5.73 Å². The maximum Gasteiger partial charge on any atom is 0.110 e. The van der Waals surface area contributed by atoms with Gasteiger partial charge in [0.25, 0.3) is 0 Å². The van der Waals surface area contributed by atoms with Gasteiger partial charge >= 0.3 is 0 Å². The number of likely N-dealkylation sites (N-methyl/N-ethyl adjacent to an activating group) is 1. The fourth-order valence-corrected chi connectivity index (χ4v) is 1.86. The van der Waals surface area contributed by atoms with Crippen molar-refractivity contribution in [2.45, 2.75) is 13.0 Å². The maximum absolute atomic E-state index is 5.69. The Morgan fingerprint density at radius 2 is 1.94 bits per heavy atom. The van der Waals surface area contributed by atoms with Crippen molar-refractivity contribution in [1.82, 2.24) is 14.5 Å². The second-order valence-electron chi connectivity index (χ2n) is 4.77. The third-order valence-electron chi connectivity index (χ3n) is 2.92. The first kappa shape index (κ1) is 12.6. The van der Waals surface area contributed by atoms with Crippen LogP contribution in [0.1, 0.15) is 11.4 Å². The lowest BCUT2D eigenvalue weighted by Gasteiger charge is -2.11. The van der Waals surface area contributed by atoms with Gasteiger partial charge in [-0.25, -0.2) is 4.98 Å². The summed E-state index contributed by atoms with van der Waals surface area (Å²) in [5.74, 6) is 1.13. The number of hydrogen-bond donors (Lipinski definition) is 1. The summed E-state index contributed by atoms with van der Waals surface area (Å²) in [5, 5.41) is 0. The maximum atomic E-state index is 5.69. The SMILES string of the molecule is CN(C)CCc1nccn1Cc1ccc(N)cc1. The van der Waals surface area contributed by atoms with E-state index in [1.807, 2.05) is 24.5 Å². The van der Waals surface area contributed by atoms with E-state index >= 15 is 0 Å². The standard InChI is InChI=1S/C14H20N4/c1-17(2)9-7-14-16-8-10-18(14)11-12-3-5-13(15)6-4-12/h3-6,8,10H,7,9,11,15H2,1-2H3. The van der Waals surface area contributed by atoms with Crippen LogP contribution in [0.25, 0.3) is 0 Å². The number of imidazole rings is 1. The molecule has 18 heavy (non-hydrogen) atoms. The average Bonchev–Trinajstić information content (AvgIpc) is 2.77. The van der Waals surface area contributed by atoms with Crippen LogP contribution in [-0.4, -0.2) is 35.1 Å². The lowest BCUT2D eigenvalue weighted by Crippen LogP contribution is -2.17. The fourth-order valence-electron chi connectivity index (χ4n) is 1.86. The molecule has 0 spiro atoms. The van der Waals surface area contributed by atoms with Crippen LogP contribution in [-0.2, 0) is 13.0 Å². The molecule has 2 rings (SSSR count). The number of hydrogen-bond acceptors (Lipinski definition) is 3. The van der Waals surface area contributed by atoms with Crippen molar-refractivity contribution in [3.63, 3.8) is 0 Å². The molecule has 0 radical (unpaired) electrons. The topological polar surface area (TPSA) is 47.1 Å². The Labute approximate surface area is 108 Å². The Kier molecular flexibility index (Phi) is 3.99. The van der Waals surface area contributed by atoms with E-state index in [0.717, 1.165) is 31.0 Å². The average molecular weight is 244 g/mol. The molecule has 0 unspecified atom stereocenters. The molecule has 4 heteroatoms. The molecule has 2 aromatic rings. The zero-order valence-electron chi connectivity index (χ0n) is 11.0. The molecule has 0 saturated heterocycles. The van der Waals surface area contributed by atoms with Crippen LogP contribution in [0.5, 0.6) is 0 Å². The van der Waals surface area contributed by atoms with E-state index in [9.17, 15) is 0 Å². The number of aromatic nitrogens is 2. The van der Waals surface area contributed by atoms with Crippen molar-refractivity contribution in [2.24, 2.45) is 0 Å². The van der Waals surface area contributed by atoms with E-state index in [2.05, 4.69) is 40.7 Å². The third kappa shape index (κ3) is 3.34. The van der Waals surface area contributed by atoms with Crippen molar-refractivity contribution >= 4 is 5.69 Å². The number of nitrogen functional groups attached to an aromatic ring is 1. The lowest BCUT2D eigenvalue weighted by atomic mass is 10.2. The Balaban J connectivity index is 2.05. The van der Waals surface area contributed by atoms with Crippen LogP contribution in [0, 0.1) is 0 Å². The molecule has 0 aliphatic carbocycles. The molecule has 0 atom stereocenters. The first-order valence-corrected chi connectivity index (χ1v) is 6.14. The number of nitrogens with two attached hydrogens (primary N) is 1. The second-order valence-corrected chi connectivity index (χ2v) is 4.77. The zero-order chi connectivity index (χ0) is 13.0. The lowest BCUT2D eigenvalue weighted by molar-refractivity contribution is 0.406. The summed E-state index contributed by atoms with van der Waals surface area (Å²) in [6.07, 6.45) is 4.86. The van der Waals surface area contributed by atoms with E-state index in [4.69, 9.17) is 5.73 Å². The molecule has 1 heterocycles. The molecule has 0 fully saturated rings. The van der Waals surface area contributed by atoms with Crippen molar-refractivity contribution < 1.29 is 0 Å². The summed E-state index contributed by atoms with van der Waals surface area (Å²) < 4.78 is 2.19. The van der Waals surface area contributed by atoms with E-state index < -0.39 is 0 Å². The first-order valence-electron chi connectivity index (χ1n) is 6.14. The van der Waals surface area contributed by atoms with E-state index in [0.29, 0.717) is 0 Å². The van der Waals surface area contributed by atoms with Gasteiger partial charge in [-0.1, -0.05) is 12.1 Å². The molecular formula is C14H20N4. The van der Waals surface area contributed by atoms with Crippen LogP contribution >= 0.6 is 0 Å². The molecule has 0 bridgehead atoms. The van der Waals surface area contributed by atoms with Gasteiger partial charge in [0.1, 0.15) is 5.82 Å². The van der Waals surface area contributed by atoms with Gasteiger partial charge in [-0.3, -0.25) is 0 Å². The molecule has 4 nitrogen and oxygen atoms in total. The summed E-state index contributed by atoms with van der Waals surface area (Å²) in [6, 6.07) is 7.99. The normalized spacial score (nSPS) is 11.1. The molecule has 1 aromatic heterocycles. The van der Waals surface area contributed by atoms with E-state index in [1.165, 1.54) is 5.56 Å². The molecule has 1 aromatic carbocycles. The van der Waals surface area contributed by atoms with Crippen molar-refractivity contribution in [2.75, 3.05) is 26.4 Å². The quantitative estimate of drug-likeness (QED) is 0.813. The predicted molar refractivity (Wildman–Crippen MR) is 74.4 cm³/mol. The highest BCUT2D eigenvalue weighted by Gasteiger charge is 2.04. The molecule has 96 valence electrons. The highest BCUT2D eigenvalue weighted by atomic mass is 15.1. The Morgan fingerprint density at radius 1 is 1.22 bits per heavy atom. The minimum absolute atomic E-state index is 0.803. The van der Waals surface area contributed by atoms with Gasteiger partial charge in [0.15, 0.2) is 0 Å². The Bertz CT molecular complexity index is 485. The summed E-state index contributed by atoms with van der Waals surface area (Å²) in [5.41, 5.74) is 7.73. The van der Waals surface area contributed by atoms with E-state index in [-0.39, 0.29) is 0 Å². The summed E-state index contributed by atoms with van der Waals surface area (Å²) >= 11 is 0. The fraction of sp³-hybridized carbons (Fsp3) is 0.357. The minimum Gasteiger partial charge on any atom is -0.399 e. The Morgan fingerprint density at radius 3 is 2.61 bits per heavy atom.